The molecule has 0 spiro atoms. The predicted octanol–water partition coefficient (Wildman–Crippen LogP) is 0.750. The third-order valence-corrected chi connectivity index (χ3v) is 3.40. The van der Waals surface area contributed by atoms with Gasteiger partial charge in [-0.25, -0.2) is 0 Å². The second-order valence-electron chi connectivity index (χ2n) is 4.87. The number of amides is 1. The Labute approximate surface area is 108 Å². The summed E-state index contributed by atoms with van der Waals surface area (Å²) in [5.41, 5.74) is 0. The fourth-order valence-electron chi connectivity index (χ4n) is 2.27. The Balaban J connectivity index is 1.77. The minimum Gasteiger partial charge on any atom is -0.467 e. The first-order chi connectivity index (χ1) is 8.66. The average molecular weight is 251 g/mol. The SMILES string of the molecule is CC(NC(=O)CN(C)C1CCNC1)c1ccco1. The zero-order chi connectivity index (χ0) is 13.0. The maximum Gasteiger partial charge on any atom is 0.234 e. The molecule has 1 amide bonds. The van der Waals surface area contributed by atoms with Crippen LogP contribution in [0.3, 0.4) is 0 Å². The zero-order valence-electron chi connectivity index (χ0n) is 11.0. The van der Waals surface area contributed by atoms with Gasteiger partial charge in [-0.15, -0.1) is 0 Å². The van der Waals surface area contributed by atoms with Crippen LogP contribution < -0.4 is 10.6 Å². The first kappa shape index (κ1) is 13.1. The molecule has 2 atom stereocenters. The van der Waals surface area contributed by atoms with Crippen molar-refractivity contribution in [3.63, 3.8) is 0 Å². The van der Waals surface area contributed by atoms with Gasteiger partial charge >= 0.3 is 0 Å². The number of hydrogen-bond donors (Lipinski definition) is 2. The van der Waals surface area contributed by atoms with Crippen molar-refractivity contribution in [2.24, 2.45) is 0 Å². The Morgan fingerprint density at radius 1 is 1.72 bits per heavy atom. The van der Waals surface area contributed by atoms with Crippen LogP contribution in [-0.4, -0.2) is 43.5 Å². The second-order valence-corrected chi connectivity index (χ2v) is 4.87. The molecule has 0 aromatic carbocycles. The summed E-state index contributed by atoms with van der Waals surface area (Å²) in [7, 11) is 1.99. The molecular weight excluding hydrogens is 230 g/mol. The van der Waals surface area contributed by atoms with Crippen LogP contribution in [0.15, 0.2) is 22.8 Å². The summed E-state index contributed by atoms with van der Waals surface area (Å²) >= 11 is 0. The molecule has 2 rings (SSSR count). The number of carbonyl (C=O) groups is 1. The van der Waals surface area contributed by atoms with E-state index in [1.54, 1.807) is 6.26 Å². The van der Waals surface area contributed by atoms with Crippen molar-refractivity contribution in [2.45, 2.75) is 25.4 Å². The first-order valence-electron chi connectivity index (χ1n) is 6.40. The molecule has 100 valence electrons. The molecule has 2 unspecified atom stereocenters. The fourth-order valence-corrected chi connectivity index (χ4v) is 2.27. The molecule has 0 radical (unpaired) electrons. The van der Waals surface area contributed by atoms with Crippen LogP contribution >= 0.6 is 0 Å². The number of nitrogens with one attached hydrogen (secondary N) is 2. The Kier molecular flexibility index (Phi) is 4.38. The van der Waals surface area contributed by atoms with E-state index in [0.717, 1.165) is 25.3 Å². The van der Waals surface area contributed by atoms with Crippen LogP contribution in [0.2, 0.25) is 0 Å². The lowest BCUT2D eigenvalue weighted by Crippen LogP contribution is -2.42. The van der Waals surface area contributed by atoms with E-state index in [-0.39, 0.29) is 11.9 Å². The summed E-state index contributed by atoms with van der Waals surface area (Å²) in [4.78, 5) is 14.0. The van der Waals surface area contributed by atoms with Gasteiger partial charge in [-0.3, -0.25) is 9.69 Å². The molecule has 1 aliphatic heterocycles. The summed E-state index contributed by atoms with van der Waals surface area (Å²) in [5, 5.41) is 6.24. The van der Waals surface area contributed by atoms with Crippen LogP contribution in [0.5, 0.6) is 0 Å². The number of carbonyl (C=O) groups excluding carboxylic acids is 1. The van der Waals surface area contributed by atoms with Gasteiger partial charge in [0.2, 0.25) is 5.91 Å². The molecule has 5 nitrogen and oxygen atoms in total. The number of nitrogens with zero attached hydrogens (tertiary/aromatic N) is 1. The molecule has 5 heteroatoms. The highest BCUT2D eigenvalue weighted by Crippen LogP contribution is 2.12. The highest BCUT2D eigenvalue weighted by atomic mass is 16.3. The van der Waals surface area contributed by atoms with Gasteiger partial charge in [0.1, 0.15) is 5.76 Å². The Morgan fingerprint density at radius 2 is 2.56 bits per heavy atom. The van der Waals surface area contributed by atoms with Crippen molar-refractivity contribution in [3.8, 4) is 0 Å². The van der Waals surface area contributed by atoms with Crippen molar-refractivity contribution < 1.29 is 9.21 Å². The van der Waals surface area contributed by atoms with Gasteiger partial charge in [-0.1, -0.05) is 0 Å². The normalized spacial score (nSPS) is 21.2. The molecule has 2 N–H and O–H groups in total. The molecule has 1 aromatic rings. The molecule has 18 heavy (non-hydrogen) atoms. The monoisotopic (exact) mass is 251 g/mol. The second kappa shape index (κ2) is 6.02. The molecule has 1 saturated heterocycles. The van der Waals surface area contributed by atoms with E-state index in [2.05, 4.69) is 15.5 Å². The Hall–Kier alpha value is -1.33. The van der Waals surface area contributed by atoms with Crippen LogP contribution in [0.1, 0.15) is 25.1 Å². The van der Waals surface area contributed by atoms with Crippen molar-refractivity contribution in [1.29, 1.82) is 0 Å². The number of likely N-dealkylation sites (N-methyl/N-ethyl adjacent to an activating group) is 1. The van der Waals surface area contributed by atoms with E-state index in [0.29, 0.717) is 12.6 Å². The smallest absolute Gasteiger partial charge is 0.234 e. The first-order valence-corrected chi connectivity index (χ1v) is 6.40. The largest absolute Gasteiger partial charge is 0.467 e. The highest BCUT2D eigenvalue weighted by molar-refractivity contribution is 5.78. The molecule has 2 heterocycles. The van der Waals surface area contributed by atoms with Gasteiger partial charge in [0.05, 0.1) is 18.8 Å². The van der Waals surface area contributed by atoms with Crippen molar-refractivity contribution in [2.75, 3.05) is 26.7 Å². The molecule has 0 saturated carbocycles. The lowest BCUT2D eigenvalue weighted by Gasteiger charge is -2.23. The average Bonchev–Trinajstić information content (AvgIpc) is 3.02. The summed E-state index contributed by atoms with van der Waals surface area (Å²) < 4.78 is 5.26. The minimum atomic E-state index is -0.0809. The van der Waals surface area contributed by atoms with Gasteiger partial charge in [0.25, 0.3) is 0 Å². The van der Waals surface area contributed by atoms with E-state index in [9.17, 15) is 4.79 Å². The molecule has 1 aromatic heterocycles. The van der Waals surface area contributed by atoms with Gasteiger partial charge < -0.3 is 15.1 Å². The summed E-state index contributed by atoms with van der Waals surface area (Å²) in [5.74, 6) is 0.821. The van der Waals surface area contributed by atoms with Gasteiger partial charge in [0, 0.05) is 12.6 Å². The number of hydrogen-bond acceptors (Lipinski definition) is 4. The van der Waals surface area contributed by atoms with Gasteiger partial charge in [-0.2, -0.15) is 0 Å². The highest BCUT2D eigenvalue weighted by Gasteiger charge is 2.21. The molecule has 0 aliphatic carbocycles. The maximum absolute atomic E-state index is 11.9. The standard InChI is InChI=1S/C13H21N3O2/c1-10(12-4-3-7-18-12)15-13(17)9-16(2)11-5-6-14-8-11/h3-4,7,10-11,14H,5-6,8-9H2,1-2H3,(H,15,17). The molecule has 0 bridgehead atoms. The van der Waals surface area contributed by atoms with Crippen LogP contribution in [0, 0.1) is 0 Å². The molecule has 1 fully saturated rings. The zero-order valence-corrected chi connectivity index (χ0v) is 11.0. The van der Waals surface area contributed by atoms with E-state index in [1.165, 1.54) is 0 Å². The fraction of sp³-hybridized carbons (Fsp3) is 0.615. The Bertz CT molecular complexity index is 372. The maximum atomic E-state index is 11.9. The van der Waals surface area contributed by atoms with Crippen LogP contribution in [-0.2, 0) is 4.79 Å². The number of rotatable bonds is 5. The lowest BCUT2D eigenvalue weighted by molar-refractivity contribution is -0.123. The predicted molar refractivity (Wildman–Crippen MR) is 69.2 cm³/mol. The number of furan rings is 1. The Morgan fingerprint density at radius 3 is 3.17 bits per heavy atom. The topological polar surface area (TPSA) is 57.5 Å². The van der Waals surface area contributed by atoms with Gasteiger partial charge in [0.15, 0.2) is 0 Å². The lowest BCUT2D eigenvalue weighted by atomic mass is 10.2. The van der Waals surface area contributed by atoms with Crippen molar-refractivity contribution in [3.05, 3.63) is 24.2 Å². The third kappa shape index (κ3) is 3.34. The summed E-state index contributed by atoms with van der Waals surface area (Å²) in [6, 6.07) is 4.08. The summed E-state index contributed by atoms with van der Waals surface area (Å²) in [6.07, 6.45) is 2.73. The third-order valence-electron chi connectivity index (χ3n) is 3.40. The van der Waals surface area contributed by atoms with Crippen LogP contribution in [0.4, 0.5) is 0 Å². The summed E-state index contributed by atoms with van der Waals surface area (Å²) in [6.45, 7) is 4.36. The van der Waals surface area contributed by atoms with E-state index < -0.39 is 0 Å². The van der Waals surface area contributed by atoms with Crippen LogP contribution in [0.25, 0.3) is 0 Å². The quantitative estimate of drug-likeness (QED) is 0.811. The minimum absolute atomic E-state index is 0.0355. The van der Waals surface area contributed by atoms with Gasteiger partial charge in [-0.05, 0) is 39.1 Å². The van der Waals surface area contributed by atoms with E-state index in [1.807, 2.05) is 26.1 Å². The molecular formula is C13H21N3O2. The van der Waals surface area contributed by atoms with Crippen molar-refractivity contribution in [1.82, 2.24) is 15.5 Å². The van der Waals surface area contributed by atoms with E-state index >= 15 is 0 Å². The molecule has 1 aliphatic rings. The van der Waals surface area contributed by atoms with E-state index in [4.69, 9.17) is 4.42 Å². The van der Waals surface area contributed by atoms with Crippen molar-refractivity contribution >= 4 is 5.91 Å².